The van der Waals surface area contributed by atoms with Gasteiger partial charge in [-0.2, -0.15) is 0 Å². The molecule has 0 aliphatic heterocycles. The number of carbonyl (C=O) groups is 1. The molecule has 1 aromatic carbocycles. The van der Waals surface area contributed by atoms with E-state index >= 15 is 0 Å². The van der Waals surface area contributed by atoms with Crippen molar-refractivity contribution in [2.45, 2.75) is 25.3 Å². The second-order valence-corrected chi connectivity index (χ2v) is 7.19. The fourth-order valence-corrected chi connectivity index (χ4v) is 3.48. The van der Waals surface area contributed by atoms with E-state index < -0.39 is 0 Å². The van der Waals surface area contributed by atoms with Crippen LogP contribution >= 0.6 is 22.9 Å². The average molecular weight is 336 g/mol. The second-order valence-electron chi connectivity index (χ2n) is 5.90. The van der Waals surface area contributed by atoms with Crippen LogP contribution in [0, 0.1) is 5.92 Å². The Kier molecular flexibility index (Phi) is 4.21. The summed E-state index contributed by atoms with van der Waals surface area (Å²) in [5.41, 5.74) is 6.85. The molecule has 0 saturated heterocycles. The van der Waals surface area contributed by atoms with Crippen molar-refractivity contribution in [1.82, 2.24) is 10.3 Å². The lowest BCUT2D eigenvalue weighted by Gasteiger charge is -2.29. The van der Waals surface area contributed by atoms with Gasteiger partial charge in [0.15, 0.2) is 0 Å². The molecule has 3 N–H and O–H groups in total. The summed E-state index contributed by atoms with van der Waals surface area (Å²) in [5, 5.41) is 6.27. The van der Waals surface area contributed by atoms with Crippen molar-refractivity contribution in [3.8, 4) is 10.6 Å². The fourth-order valence-electron chi connectivity index (χ4n) is 2.50. The second kappa shape index (κ2) is 5.99. The first-order valence-electron chi connectivity index (χ1n) is 7.26. The van der Waals surface area contributed by atoms with E-state index in [0.29, 0.717) is 23.2 Å². The summed E-state index contributed by atoms with van der Waals surface area (Å²) in [5.74, 6) is 0.317. The standard InChI is InChI=1S/C16H18ClN3OS/c1-16(9-18,11-5-6-11)20-14(21)13-8-22-15(19-13)10-3-2-4-12(17)7-10/h2-4,7-8,11H,5-6,9,18H2,1H3,(H,20,21). The fraction of sp³-hybridized carbons (Fsp3) is 0.375. The Morgan fingerprint density at radius 2 is 2.32 bits per heavy atom. The molecule has 1 heterocycles. The van der Waals surface area contributed by atoms with Gasteiger partial charge < -0.3 is 11.1 Å². The number of rotatable bonds is 5. The average Bonchev–Trinajstić information content (AvgIpc) is 3.25. The normalized spacial score (nSPS) is 17.0. The lowest BCUT2D eigenvalue weighted by atomic mass is 9.96. The third-order valence-corrected chi connectivity index (χ3v) is 5.24. The third-order valence-electron chi connectivity index (χ3n) is 4.11. The summed E-state index contributed by atoms with van der Waals surface area (Å²) in [4.78, 5) is 16.8. The van der Waals surface area contributed by atoms with Gasteiger partial charge in [0.2, 0.25) is 0 Å². The van der Waals surface area contributed by atoms with Crippen LogP contribution in [0.25, 0.3) is 10.6 Å². The van der Waals surface area contributed by atoms with E-state index in [1.807, 2.05) is 31.2 Å². The van der Waals surface area contributed by atoms with Crippen molar-refractivity contribution in [2.75, 3.05) is 6.54 Å². The van der Waals surface area contributed by atoms with Crippen LogP contribution in [0.4, 0.5) is 0 Å². The zero-order chi connectivity index (χ0) is 15.7. The van der Waals surface area contributed by atoms with Gasteiger partial charge in [-0.25, -0.2) is 4.98 Å². The number of aromatic nitrogens is 1. The molecule has 3 rings (SSSR count). The predicted octanol–water partition coefficient (Wildman–Crippen LogP) is 3.32. The van der Waals surface area contributed by atoms with Crippen molar-refractivity contribution in [3.05, 3.63) is 40.4 Å². The van der Waals surface area contributed by atoms with E-state index in [9.17, 15) is 4.79 Å². The van der Waals surface area contributed by atoms with Crippen LogP contribution in [0.2, 0.25) is 5.02 Å². The minimum atomic E-state index is -0.336. The maximum Gasteiger partial charge on any atom is 0.271 e. The number of nitrogens with zero attached hydrogens (tertiary/aromatic N) is 1. The molecule has 1 aliphatic carbocycles. The van der Waals surface area contributed by atoms with Gasteiger partial charge in [-0.15, -0.1) is 11.3 Å². The van der Waals surface area contributed by atoms with Crippen LogP contribution in [0.15, 0.2) is 29.6 Å². The number of thiazole rings is 1. The topological polar surface area (TPSA) is 68.0 Å². The summed E-state index contributed by atoms with van der Waals surface area (Å²) in [7, 11) is 0. The van der Waals surface area contributed by atoms with Crippen molar-refractivity contribution >= 4 is 28.8 Å². The lowest BCUT2D eigenvalue weighted by molar-refractivity contribution is 0.0893. The van der Waals surface area contributed by atoms with Gasteiger partial charge in [-0.1, -0.05) is 23.7 Å². The zero-order valence-electron chi connectivity index (χ0n) is 12.3. The number of hydrogen-bond donors (Lipinski definition) is 2. The first kappa shape index (κ1) is 15.5. The minimum Gasteiger partial charge on any atom is -0.344 e. The van der Waals surface area contributed by atoms with E-state index in [1.165, 1.54) is 11.3 Å². The minimum absolute atomic E-state index is 0.163. The first-order valence-corrected chi connectivity index (χ1v) is 8.51. The van der Waals surface area contributed by atoms with Crippen molar-refractivity contribution in [3.63, 3.8) is 0 Å². The van der Waals surface area contributed by atoms with Gasteiger partial charge in [-0.05, 0) is 37.8 Å². The molecule has 1 aromatic heterocycles. The Balaban J connectivity index is 1.77. The predicted molar refractivity (Wildman–Crippen MR) is 90.2 cm³/mol. The summed E-state index contributed by atoms with van der Waals surface area (Å²) in [6, 6.07) is 7.46. The zero-order valence-corrected chi connectivity index (χ0v) is 13.9. The number of nitrogens with two attached hydrogens (primary N) is 1. The molecule has 22 heavy (non-hydrogen) atoms. The molecule has 116 valence electrons. The molecule has 2 aromatic rings. The van der Waals surface area contributed by atoms with Crippen LogP contribution in [0.3, 0.4) is 0 Å². The highest BCUT2D eigenvalue weighted by Gasteiger charge is 2.41. The molecule has 4 nitrogen and oxygen atoms in total. The van der Waals surface area contributed by atoms with E-state index in [4.69, 9.17) is 17.3 Å². The molecule has 1 aliphatic rings. The lowest BCUT2D eigenvalue weighted by Crippen LogP contribution is -2.53. The molecule has 1 saturated carbocycles. The van der Waals surface area contributed by atoms with E-state index in [0.717, 1.165) is 23.4 Å². The van der Waals surface area contributed by atoms with Gasteiger partial charge in [0.05, 0.1) is 5.54 Å². The Morgan fingerprint density at radius 3 is 2.95 bits per heavy atom. The molecule has 0 bridgehead atoms. The maximum atomic E-state index is 12.4. The summed E-state index contributed by atoms with van der Waals surface area (Å²) in [6.45, 7) is 2.45. The Bertz CT molecular complexity index is 698. The molecule has 0 spiro atoms. The van der Waals surface area contributed by atoms with Crippen molar-refractivity contribution in [2.24, 2.45) is 11.7 Å². The largest absolute Gasteiger partial charge is 0.344 e. The molecule has 0 radical (unpaired) electrons. The SMILES string of the molecule is CC(CN)(NC(=O)c1csc(-c2cccc(Cl)c2)n1)C1CC1. The molecule has 6 heteroatoms. The summed E-state index contributed by atoms with van der Waals surface area (Å²) in [6.07, 6.45) is 2.25. The van der Waals surface area contributed by atoms with E-state index in [2.05, 4.69) is 10.3 Å². The smallest absolute Gasteiger partial charge is 0.271 e. The third kappa shape index (κ3) is 3.16. The molecule has 1 unspecified atom stereocenters. The molecule has 1 amide bonds. The molecule has 1 fully saturated rings. The van der Waals surface area contributed by atoms with Crippen molar-refractivity contribution < 1.29 is 4.79 Å². The monoisotopic (exact) mass is 335 g/mol. The number of carbonyl (C=O) groups excluding carboxylic acids is 1. The van der Waals surface area contributed by atoms with E-state index in [1.54, 1.807) is 5.38 Å². The number of nitrogens with one attached hydrogen (secondary N) is 1. The van der Waals surface area contributed by atoms with Crippen molar-refractivity contribution in [1.29, 1.82) is 0 Å². The molecular formula is C16H18ClN3OS. The molecular weight excluding hydrogens is 318 g/mol. The first-order chi connectivity index (χ1) is 10.5. The Labute approximate surface area is 138 Å². The van der Waals surface area contributed by atoms with Gasteiger partial charge >= 0.3 is 0 Å². The van der Waals surface area contributed by atoms with Crippen LogP contribution < -0.4 is 11.1 Å². The van der Waals surface area contributed by atoms with Gasteiger partial charge in [0, 0.05) is 22.5 Å². The highest BCUT2D eigenvalue weighted by Crippen LogP contribution is 2.39. The highest BCUT2D eigenvalue weighted by molar-refractivity contribution is 7.13. The number of amides is 1. The van der Waals surface area contributed by atoms with Gasteiger partial charge in [0.1, 0.15) is 10.7 Å². The quantitative estimate of drug-likeness (QED) is 0.880. The van der Waals surface area contributed by atoms with Crippen LogP contribution in [0.1, 0.15) is 30.3 Å². The summed E-state index contributed by atoms with van der Waals surface area (Å²) < 4.78 is 0. The number of hydrogen-bond acceptors (Lipinski definition) is 4. The summed E-state index contributed by atoms with van der Waals surface area (Å²) >= 11 is 7.43. The van der Waals surface area contributed by atoms with Gasteiger partial charge in [0.25, 0.3) is 5.91 Å². The Morgan fingerprint density at radius 1 is 1.55 bits per heavy atom. The number of halogens is 1. The van der Waals surface area contributed by atoms with E-state index in [-0.39, 0.29) is 11.4 Å². The number of benzene rings is 1. The Hall–Kier alpha value is -1.43. The van der Waals surface area contributed by atoms with Crippen LogP contribution in [0.5, 0.6) is 0 Å². The van der Waals surface area contributed by atoms with Crippen LogP contribution in [-0.4, -0.2) is 23.0 Å². The highest BCUT2D eigenvalue weighted by atomic mass is 35.5. The van der Waals surface area contributed by atoms with Gasteiger partial charge in [-0.3, -0.25) is 4.79 Å². The molecule has 1 atom stereocenters. The van der Waals surface area contributed by atoms with Crippen LogP contribution in [-0.2, 0) is 0 Å². The maximum absolute atomic E-state index is 12.4.